The van der Waals surface area contributed by atoms with Gasteiger partial charge in [0.05, 0.1) is 5.56 Å². The predicted molar refractivity (Wildman–Crippen MR) is 54.2 cm³/mol. The van der Waals surface area contributed by atoms with Gasteiger partial charge in [0.1, 0.15) is 5.75 Å². The van der Waals surface area contributed by atoms with Gasteiger partial charge in [-0.25, -0.2) is 0 Å². The maximum atomic E-state index is 10.3. The fourth-order valence-corrected chi connectivity index (χ4v) is 0.918. The second-order valence-corrected chi connectivity index (χ2v) is 2.36. The van der Waals surface area contributed by atoms with Crippen LogP contribution in [0.3, 0.4) is 0 Å². The topological polar surface area (TPSA) is 37.3 Å². The smallest absolute Gasteiger partial charge is 0.153 e. The highest BCUT2D eigenvalue weighted by atomic mass is 16.3. The van der Waals surface area contributed by atoms with Crippen molar-refractivity contribution in [2.75, 3.05) is 0 Å². The van der Waals surface area contributed by atoms with Crippen LogP contribution in [0, 0.1) is 0 Å². The summed E-state index contributed by atoms with van der Waals surface area (Å²) in [7, 11) is 0. The molecule has 1 aromatic rings. The monoisotopic (exact) mass is 180 g/mol. The third-order valence-electron chi connectivity index (χ3n) is 1.63. The molecule has 0 aliphatic carbocycles. The van der Waals surface area contributed by atoms with E-state index >= 15 is 0 Å². The fraction of sp³-hybridized carbons (Fsp3) is 0.364. The minimum atomic E-state index is 0.0530. The third-order valence-corrected chi connectivity index (χ3v) is 1.63. The first-order chi connectivity index (χ1) is 6.27. The van der Waals surface area contributed by atoms with Crippen molar-refractivity contribution >= 4 is 6.29 Å². The molecular weight excluding hydrogens is 164 g/mol. The Morgan fingerprint density at radius 3 is 2.46 bits per heavy atom. The third kappa shape index (κ3) is 3.28. The van der Waals surface area contributed by atoms with Crippen LogP contribution >= 0.6 is 0 Å². The number of phenols is 1. The van der Waals surface area contributed by atoms with Gasteiger partial charge in [-0.3, -0.25) is 4.79 Å². The van der Waals surface area contributed by atoms with E-state index < -0.39 is 0 Å². The summed E-state index contributed by atoms with van der Waals surface area (Å²) in [5, 5.41) is 9.10. The zero-order chi connectivity index (χ0) is 10.3. The SMILES string of the molecule is CC.CCc1ccc(O)c(C=O)c1. The first-order valence-electron chi connectivity index (χ1n) is 4.55. The van der Waals surface area contributed by atoms with E-state index in [2.05, 4.69) is 0 Å². The lowest BCUT2D eigenvalue weighted by Gasteiger charge is -1.99. The van der Waals surface area contributed by atoms with Gasteiger partial charge in [-0.15, -0.1) is 0 Å². The summed E-state index contributed by atoms with van der Waals surface area (Å²) < 4.78 is 0. The summed E-state index contributed by atoms with van der Waals surface area (Å²) in [5.41, 5.74) is 1.43. The number of benzene rings is 1. The normalized spacial score (nSPS) is 8.54. The second-order valence-electron chi connectivity index (χ2n) is 2.36. The summed E-state index contributed by atoms with van der Waals surface area (Å²) in [5.74, 6) is 0.0530. The van der Waals surface area contributed by atoms with Crippen molar-refractivity contribution in [2.45, 2.75) is 27.2 Å². The molecule has 0 unspecified atom stereocenters. The van der Waals surface area contributed by atoms with Crippen LogP contribution in [-0.4, -0.2) is 11.4 Å². The van der Waals surface area contributed by atoms with Crippen molar-refractivity contribution in [1.29, 1.82) is 0 Å². The van der Waals surface area contributed by atoms with E-state index in [-0.39, 0.29) is 5.75 Å². The summed E-state index contributed by atoms with van der Waals surface area (Å²) in [4.78, 5) is 10.3. The molecule has 0 spiro atoms. The number of hydrogen-bond donors (Lipinski definition) is 1. The number of phenolic OH excluding ortho intramolecular Hbond substituents is 1. The molecule has 0 heterocycles. The number of hydrogen-bond acceptors (Lipinski definition) is 2. The molecule has 13 heavy (non-hydrogen) atoms. The summed E-state index contributed by atoms with van der Waals surface area (Å²) in [6, 6.07) is 5.05. The van der Waals surface area contributed by atoms with Gasteiger partial charge in [-0.2, -0.15) is 0 Å². The Labute approximate surface area is 79.2 Å². The lowest BCUT2D eigenvalue weighted by molar-refractivity contribution is 0.112. The van der Waals surface area contributed by atoms with Crippen LogP contribution in [0.25, 0.3) is 0 Å². The van der Waals surface area contributed by atoms with E-state index in [0.29, 0.717) is 11.8 Å². The highest BCUT2D eigenvalue weighted by Gasteiger charge is 1.98. The number of aryl methyl sites for hydroxylation is 1. The van der Waals surface area contributed by atoms with Crippen molar-refractivity contribution in [3.63, 3.8) is 0 Å². The number of aldehydes is 1. The number of aromatic hydroxyl groups is 1. The number of rotatable bonds is 2. The van der Waals surface area contributed by atoms with Crippen LogP contribution < -0.4 is 0 Å². The molecular formula is C11H16O2. The van der Waals surface area contributed by atoms with E-state index in [4.69, 9.17) is 5.11 Å². The molecule has 0 saturated heterocycles. The van der Waals surface area contributed by atoms with E-state index in [0.717, 1.165) is 12.0 Å². The first kappa shape index (κ1) is 11.7. The van der Waals surface area contributed by atoms with Crippen LogP contribution in [0.15, 0.2) is 18.2 Å². The summed E-state index contributed by atoms with van der Waals surface area (Å²) in [6.07, 6.45) is 1.54. The molecule has 1 rings (SSSR count). The molecule has 1 aromatic carbocycles. The Kier molecular flexibility index (Phi) is 5.60. The first-order valence-corrected chi connectivity index (χ1v) is 4.55. The van der Waals surface area contributed by atoms with Crippen molar-refractivity contribution in [3.8, 4) is 5.75 Å². The molecule has 2 nitrogen and oxygen atoms in total. The number of carbonyl (C=O) groups is 1. The molecule has 0 aliphatic rings. The highest BCUT2D eigenvalue weighted by molar-refractivity contribution is 5.79. The Morgan fingerprint density at radius 1 is 1.38 bits per heavy atom. The Hall–Kier alpha value is -1.31. The second kappa shape index (κ2) is 6.23. The maximum Gasteiger partial charge on any atom is 0.153 e. The van der Waals surface area contributed by atoms with E-state index in [9.17, 15) is 4.79 Å². The van der Waals surface area contributed by atoms with Gasteiger partial charge >= 0.3 is 0 Å². The van der Waals surface area contributed by atoms with Gasteiger partial charge in [-0.1, -0.05) is 26.8 Å². The van der Waals surface area contributed by atoms with Gasteiger partial charge in [0.25, 0.3) is 0 Å². The lowest BCUT2D eigenvalue weighted by Crippen LogP contribution is -1.85. The van der Waals surface area contributed by atoms with E-state index in [1.165, 1.54) is 0 Å². The maximum absolute atomic E-state index is 10.3. The van der Waals surface area contributed by atoms with Gasteiger partial charge in [0.15, 0.2) is 6.29 Å². The predicted octanol–water partition coefficient (Wildman–Crippen LogP) is 2.79. The van der Waals surface area contributed by atoms with Crippen LogP contribution in [0.4, 0.5) is 0 Å². The van der Waals surface area contributed by atoms with Crippen LogP contribution in [-0.2, 0) is 6.42 Å². The van der Waals surface area contributed by atoms with Crippen LogP contribution in [0.1, 0.15) is 36.7 Å². The molecule has 0 fully saturated rings. The molecule has 0 radical (unpaired) electrons. The molecule has 0 aliphatic heterocycles. The van der Waals surface area contributed by atoms with E-state index in [1.807, 2.05) is 26.8 Å². The number of carbonyl (C=O) groups excluding carboxylic acids is 1. The quantitative estimate of drug-likeness (QED) is 0.710. The van der Waals surface area contributed by atoms with Crippen LogP contribution in [0.5, 0.6) is 5.75 Å². The van der Waals surface area contributed by atoms with Gasteiger partial charge in [0.2, 0.25) is 0 Å². The fourth-order valence-electron chi connectivity index (χ4n) is 0.918. The Balaban J connectivity index is 0.000000671. The molecule has 72 valence electrons. The molecule has 0 atom stereocenters. The molecule has 0 aromatic heterocycles. The van der Waals surface area contributed by atoms with Crippen molar-refractivity contribution in [2.24, 2.45) is 0 Å². The van der Waals surface area contributed by atoms with Crippen molar-refractivity contribution < 1.29 is 9.90 Å². The molecule has 0 bridgehead atoms. The average Bonchev–Trinajstić information content (AvgIpc) is 2.22. The summed E-state index contributed by atoms with van der Waals surface area (Å²) in [6.45, 7) is 6.00. The van der Waals surface area contributed by atoms with Gasteiger partial charge < -0.3 is 5.11 Å². The molecule has 0 amide bonds. The van der Waals surface area contributed by atoms with Gasteiger partial charge in [0, 0.05) is 0 Å². The van der Waals surface area contributed by atoms with E-state index in [1.54, 1.807) is 12.1 Å². The Morgan fingerprint density at radius 2 is 2.00 bits per heavy atom. The highest BCUT2D eigenvalue weighted by Crippen LogP contribution is 2.16. The zero-order valence-corrected chi connectivity index (χ0v) is 8.37. The van der Waals surface area contributed by atoms with Crippen molar-refractivity contribution in [1.82, 2.24) is 0 Å². The van der Waals surface area contributed by atoms with Crippen molar-refractivity contribution in [3.05, 3.63) is 29.3 Å². The van der Waals surface area contributed by atoms with Gasteiger partial charge in [-0.05, 0) is 24.1 Å². The molecule has 0 saturated carbocycles. The Bertz CT molecular complexity index is 267. The standard InChI is InChI=1S/C9H10O2.C2H6/c1-2-7-3-4-9(11)8(5-7)6-10;1-2/h3-6,11H,2H2,1H3;1-2H3. The molecule has 2 heteroatoms. The minimum absolute atomic E-state index is 0.0530. The molecule has 1 N–H and O–H groups in total. The minimum Gasteiger partial charge on any atom is -0.507 e. The average molecular weight is 180 g/mol. The zero-order valence-electron chi connectivity index (χ0n) is 8.37. The largest absolute Gasteiger partial charge is 0.507 e. The van der Waals surface area contributed by atoms with Crippen LogP contribution in [0.2, 0.25) is 0 Å². The lowest BCUT2D eigenvalue weighted by atomic mass is 10.1. The summed E-state index contributed by atoms with van der Waals surface area (Å²) >= 11 is 0.